The molecule has 0 amide bonds. The molecule has 3 rings (SSSR count). The van der Waals surface area contributed by atoms with Crippen LogP contribution in [0.3, 0.4) is 0 Å². The number of ether oxygens (including phenoxy) is 1. The molecule has 0 atom stereocenters. The molecule has 0 bridgehead atoms. The third-order valence-electron chi connectivity index (χ3n) is 3.91. The van der Waals surface area contributed by atoms with Crippen molar-refractivity contribution >= 4 is 11.0 Å². The minimum Gasteiger partial charge on any atom is -0.490 e. The van der Waals surface area contributed by atoms with Gasteiger partial charge in [-0.1, -0.05) is 32.9 Å². The molecule has 114 valence electrons. The first-order valence-electron chi connectivity index (χ1n) is 8.11. The summed E-state index contributed by atoms with van der Waals surface area (Å²) in [6.45, 7) is 7.98. The van der Waals surface area contributed by atoms with E-state index in [0.29, 0.717) is 12.0 Å². The maximum atomic E-state index is 6.19. The maximum absolute atomic E-state index is 6.19. The van der Waals surface area contributed by atoms with Gasteiger partial charge in [-0.25, -0.2) is 0 Å². The lowest BCUT2D eigenvalue weighted by atomic mass is 10.1. The van der Waals surface area contributed by atoms with Crippen LogP contribution < -0.4 is 10.1 Å². The normalized spacial score (nSPS) is 15.0. The van der Waals surface area contributed by atoms with E-state index >= 15 is 0 Å². The number of furan rings is 1. The van der Waals surface area contributed by atoms with E-state index in [1.54, 1.807) is 0 Å². The van der Waals surface area contributed by atoms with Crippen LogP contribution in [0.4, 0.5) is 0 Å². The Labute approximate surface area is 126 Å². The zero-order chi connectivity index (χ0) is 14.8. The van der Waals surface area contributed by atoms with Crippen molar-refractivity contribution in [1.82, 2.24) is 5.32 Å². The third-order valence-corrected chi connectivity index (χ3v) is 3.91. The fourth-order valence-corrected chi connectivity index (χ4v) is 2.73. The van der Waals surface area contributed by atoms with Gasteiger partial charge in [0.1, 0.15) is 5.76 Å². The van der Waals surface area contributed by atoms with Gasteiger partial charge in [0.15, 0.2) is 11.3 Å². The molecule has 1 aromatic heterocycles. The van der Waals surface area contributed by atoms with Crippen LogP contribution in [-0.2, 0) is 6.54 Å². The van der Waals surface area contributed by atoms with Crippen molar-refractivity contribution in [3.05, 3.63) is 29.5 Å². The smallest absolute Gasteiger partial charge is 0.176 e. The quantitative estimate of drug-likeness (QED) is 0.808. The van der Waals surface area contributed by atoms with Gasteiger partial charge in [0.25, 0.3) is 0 Å². The lowest BCUT2D eigenvalue weighted by Crippen LogP contribution is -2.22. The maximum Gasteiger partial charge on any atom is 0.176 e. The Hall–Kier alpha value is -1.48. The molecule has 1 heterocycles. The van der Waals surface area contributed by atoms with Crippen LogP contribution in [0.2, 0.25) is 0 Å². The summed E-state index contributed by atoms with van der Waals surface area (Å²) in [5.74, 6) is 2.65. The van der Waals surface area contributed by atoms with Gasteiger partial charge < -0.3 is 14.5 Å². The van der Waals surface area contributed by atoms with E-state index < -0.39 is 0 Å². The van der Waals surface area contributed by atoms with Crippen molar-refractivity contribution in [3.8, 4) is 5.75 Å². The van der Waals surface area contributed by atoms with E-state index in [1.807, 2.05) is 6.07 Å². The molecule has 0 saturated heterocycles. The largest absolute Gasteiger partial charge is 0.490 e. The number of nitrogens with one attached hydrogen (secondary N) is 1. The number of fused-ring (bicyclic) bond motifs is 1. The SMILES string of the molecule is CCCOc1cccc2c(C3CC3)c(CNC(C)C)oc12. The molecule has 2 aromatic rings. The second kappa shape index (κ2) is 6.10. The molecule has 3 nitrogen and oxygen atoms in total. The predicted molar refractivity (Wildman–Crippen MR) is 86.0 cm³/mol. The second-order valence-corrected chi connectivity index (χ2v) is 6.23. The average molecular weight is 287 g/mol. The molecule has 1 aromatic carbocycles. The Kier molecular flexibility index (Phi) is 4.20. The molecular formula is C18H25NO2. The molecule has 3 heteroatoms. The topological polar surface area (TPSA) is 34.4 Å². The van der Waals surface area contributed by atoms with E-state index in [0.717, 1.165) is 36.7 Å². The van der Waals surface area contributed by atoms with Crippen LogP contribution in [0.15, 0.2) is 22.6 Å². The summed E-state index contributed by atoms with van der Waals surface area (Å²) in [5.41, 5.74) is 2.33. The fourth-order valence-electron chi connectivity index (χ4n) is 2.73. The lowest BCUT2D eigenvalue weighted by Gasteiger charge is -2.07. The van der Waals surface area contributed by atoms with Crippen molar-refractivity contribution in [2.45, 2.75) is 58.5 Å². The monoisotopic (exact) mass is 287 g/mol. The first-order chi connectivity index (χ1) is 10.2. The van der Waals surface area contributed by atoms with Gasteiger partial charge in [-0.15, -0.1) is 0 Å². The van der Waals surface area contributed by atoms with Crippen molar-refractivity contribution in [3.63, 3.8) is 0 Å². The van der Waals surface area contributed by atoms with E-state index in [4.69, 9.17) is 9.15 Å². The minimum atomic E-state index is 0.459. The van der Waals surface area contributed by atoms with Crippen molar-refractivity contribution in [2.24, 2.45) is 0 Å². The third kappa shape index (κ3) is 3.08. The number of rotatable bonds is 7. The van der Waals surface area contributed by atoms with E-state index in [-0.39, 0.29) is 0 Å². The van der Waals surface area contributed by atoms with Crippen LogP contribution in [0.25, 0.3) is 11.0 Å². The molecule has 1 aliphatic rings. The van der Waals surface area contributed by atoms with Gasteiger partial charge in [0.05, 0.1) is 13.2 Å². The molecule has 1 N–H and O–H groups in total. The summed E-state index contributed by atoms with van der Waals surface area (Å²) in [7, 11) is 0. The Bertz CT molecular complexity index is 611. The number of hydrogen-bond donors (Lipinski definition) is 1. The molecular weight excluding hydrogens is 262 g/mol. The summed E-state index contributed by atoms with van der Waals surface area (Å²) in [6.07, 6.45) is 3.57. The Morgan fingerprint density at radius 3 is 2.81 bits per heavy atom. The van der Waals surface area contributed by atoms with Gasteiger partial charge in [-0.05, 0) is 31.2 Å². The molecule has 1 fully saturated rings. The fraction of sp³-hybridized carbons (Fsp3) is 0.556. The van der Waals surface area contributed by atoms with Gasteiger partial charge in [0.2, 0.25) is 0 Å². The minimum absolute atomic E-state index is 0.459. The van der Waals surface area contributed by atoms with Crippen LogP contribution in [0.5, 0.6) is 5.75 Å². The zero-order valence-electron chi connectivity index (χ0n) is 13.2. The molecule has 0 spiro atoms. The average Bonchev–Trinajstić information content (AvgIpc) is 3.23. The molecule has 1 aliphatic carbocycles. The van der Waals surface area contributed by atoms with Crippen molar-refractivity contribution in [1.29, 1.82) is 0 Å². The summed E-state index contributed by atoms with van der Waals surface area (Å²) in [5, 5.41) is 4.72. The van der Waals surface area contributed by atoms with Crippen molar-refractivity contribution in [2.75, 3.05) is 6.61 Å². The summed E-state index contributed by atoms with van der Waals surface area (Å²) >= 11 is 0. The standard InChI is InChI=1S/C18H25NO2/c1-4-10-20-15-7-5-6-14-17(13-8-9-13)16(21-18(14)15)11-19-12(2)3/h5-7,12-13,19H,4,8-11H2,1-3H3. The van der Waals surface area contributed by atoms with Crippen LogP contribution >= 0.6 is 0 Å². The summed E-state index contributed by atoms with van der Waals surface area (Å²) in [4.78, 5) is 0. The van der Waals surface area contributed by atoms with Gasteiger partial charge in [0, 0.05) is 17.0 Å². The number of benzene rings is 1. The highest BCUT2D eigenvalue weighted by atomic mass is 16.5. The number of hydrogen-bond acceptors (Lipinski definition) is 3. The number of para-hydroxylation sites is 1. The molecule has 0 aliphatic heterocycles. The Morgan fingerprint density at radius 1 is 1.33 bits per heavy atom. The first-order valence-corrected chi connectivity index (χ1v) is 8.11. The van der Waals surface area contributed by atoms with Crippen LogP contribution in [-0.4, -0.2) is 12.6 Å². The van der Waals surface area contributed by atoms with E-state index in [9.17, 15) is 0 Å². The summed E-state index contributed by atoms with van der Waals surface area (Å²) < 4.78 is 12.0. The van der Waals surface area contributed by atoms with Crippen molar-refractivity contribution < 1.29 is 9.15 Å². The second-order valence-electron chi connectivity index (χ2n) is 6.23. The zero-order valence-corrected chi connectivity index (χ0v) is 13.2. The van der Waals surface area contributed by atoms with E-state index in [1.165, 1.54) is 23.8 Å². The van der Waals surface area contributed by atoms with Crippen LogP contribution in [0, 0.1) is 0 Å². The molecule has 21 heavy (non-hydrogen) atoms. The van der Waals surface area contributed by atoms with Gasteiger partial charge in [-0.3, -0.25) is 0 Å². The van der Waals surface area contributed by atoms with Gasteiger partial charge >= 0.3 is 0 Å². The Morgan fingerprint density at radius 2 is 2.14 bits per heavy atom. The predicted octanol–water partition coefficient (Wildman–Crippen LogP) is 4.60. The Balaban J connectivity index is 1.99. The molecule has 1 saturated carbocycles. The highest BCUT2D eigenvalue weighted by Gasteiger charge is 2.31. The van der Waals surface area contributed by atoms with E-state index in [2.05, 4.69) is 38.2 Å². The molecule has 0 unspecified atom stereocenters. The molecule has 0 radical (unpaired) electrons. The first kappa shape index (κ1) is 14.5. The highest BCUT2D eigenvalue weighted by molar-refractivity contribution is 5.88. The lowest BCUT2D eigenvalue weighted by molar-refractivity contribution is 0.315. The summed E-state index contributed by atoms with van der Waals surface area (Å²) in [6, 6.07) is 6.72. The van der Waals surface area contributed by atoms with Gasteiger partial charge in [-0.2, -0.15) is 0 Å². The van der Waals surface area contributed by atoms with Crippen LogP contribution in [0.1, 0.15) is 57.3 Å². The highest BCUT2D eigenvalue weighted by Crippen LogP contribution is 2.47.